The van der Waals surface area contributed by atoms with Gasteiger partial charge in [-0.15, -0.1) is 0 Å². The van der Waals surface area contributed by atoms with Crippen LogP contribution in [0, 0.1) is 5.82 Å². The Bertz CT molecular complexity index is 980. The van der Waals surface area contributed by atoms with Crippen LogP contribution in [-0.4, -0.2) is 59.9 Å². The molecular formula is C21H30FN5O3. The lowest BCUT2D eigenvalue weighted by Crippen LogP contribution is -2.47. The highest BCUT2D eigenvalue weighted by Gasteiger charge is 2.20. The van der Waals surface area contributed by atoms with Crippen molar-refractivity contribution >= 4 is 11.5 Å². The van der Waals surface area contributed by atoms with E-state index in [1.165, 1.54) is 29.8 Å². The largest absolute Gasteiger partial charge is 0.492 e. The second-order valence-corrected chi connectivity index (χ2v) is 7.42. The van der Waals surface area contributed by atoms with Crippen LogP contribution in [0.5, 0.6) is 5.75 Å². The number of nitrogens with zero attached hydrogens (tertiary/aromatic N) is 4. The minimum Gasteiger partial charge on any atom is -0.492 e. The highest BCUT2D eigenvalue weighted by atomic mass is 19.1. The lowest BCUT2D eigenvalue weighted by atomic mass is 10.2. The van der Waals surface area contributed by atoms with E-state index in [0.29, 0.717) is 24.7 Å². The Morgan fingerprint density at radius 3 is 2.50 bits per heavy atom. The third kappa shape index (κ3) is 5.02. The number of hydrogen-bond acceptors (Lipinski definition) is 6. The molecule has 1 fully saturated rings. The molecule has 1 aliphatic heterocycles. The molecule has 0 radical (unpaired) electrons. The van der Waals surface area contributed by atoms with Crippen LogP contribution >= 0.6 is 0 Å². The summed E-state index contributed by atoms with van der Waals surface area (Å²) in [7, 11) is 3.12. The van der Waals surface area contributed by atoms with Gasteiger partial charge in [0.05, 0.1) is 12.3 Å². The summed E-state index contributed by atoms with van der Waals surface area (Å²) >= 11 is 0. The summed E-state index contributed by atoms with van der Waals surface area (Å²) in [5, 5.41) is 3.18. The van der Waals surface area contributed by atoms with E-state index < -0.39 is 0 Å². The number of piperazine rings is 1. The van der Waals surface area contributed by atoms with Gasteiger partial charge in [0.25, 0.3) is 5.56 Å². The summed E-state index contributed by atoms with van der Waals surface area (Å²) in [6.45, 7) is 7.51. The average molecular weight is 420 g/mol. The van der Waals surface area contributed by atoms with Gasteiger partial charge in [-0.25, -0.2) is 9.18 Å². The van der Waals surface area contributed by atoms with E-state index in [-0.39, 0.29) is 17.1 Å². The molecule has 1 N–H and O–H groups in total. The monoisotopic (exact) mass is 419 g/mol. The first kappa shape index (κ1) is 21.9. The van der Waals surface area contributed by atoms with Crippen LogP contribution in [0.1, 0.15) is 13.3 Å². The number of halogens is 1. The summed E-state index contributed by atoms with van der Waals surface area (Å²) in [5.41, 5.74) is 0.281. The van der Waals surface area contributed by atoms with Gasteiger partial charge >= 0.3 is 5.69 Å². The molecule has 30 heavy (non-hydrogen) atoms. The average Bonchev–Trinajstić information content (AvgIpc) is 2.74. The third-order valence-corrected chi connectivity index (χ3v) is 5.42. The lowest BCUT2D eigenvalue weighted by molar-refractivity contribution is 0.255. The first-order valence-corrected chi connectivity index (χ1v) is 10.3. The smallest absolute Gasteiger partial charge is 0.332 e. The van der Waals surface area contributed by atoms with Gasteiger partial charge in [-0.1, -0.05) is 0 Å². The minimum atomic E-state index is -0.340. The second kappa shape index (κ2) is 9.80. The van der Waals surface area contributed by atoms with Crippen molar-refractivity contribution < 1.29 is 9.13 Å². The molecule has 0 bridgehead atoms. The Labute approximate surface area is 175 Å². The third-order valence-electron chi connectivity index (χ3n) is 5.42. The Balaban J connectivity index is 1.47. The molecular weight excluding hydrogens is 389 g/mol. The van der Waals surface area contributed by atoms with Gasteiger partial charge in [0, 0.05) is 59.0 Å². The fourth-order valence-corrected chi connectivity index (χ4v) is 3.65. The summed E-state index contributed by atoms with van der Waals surface area (Å²) in [5.74, 6) is 0.838. The van der Waals surface area contributed by atoms with Crippen LogP contribution in [0.25, 0.3) is 0 Å². The van der Waals surface area contributed by atoms with E-state index in [1.807, 2.05) is 6.92 Å². The molecule has 3 rings (SSSR count). The lowest BCUT2D eigenvalue weighted by Gasteiger charge is -2.36. The topological polar surface area (TPSA) is 71.7 Å². The molecule has 2 heterocycles. The summed E-state index contributed by atoms with van der Waals surface area (Å²) in [6.07, 6.45) is 0.893. The Morgan fingerprint density at radius 2 is 1.80 bits per heavy atom. The Kier molecular flexibility index (Phi) is 7.15. The van der Waals surface area contributed by atoms with E-state index in [9.17, 15) is 14.0 Å². The summed E-state index contributed by atoms with van der Waals surface area (Å²) in [6, 6.07) is 6.15. The van der Waals surface area contributed by atoms with E-state index in [1.54, 1.807) is 13.1 Å². The molecule has 8 nitrogen and oxygen atoms in total. The normalized spacial score (nSPS) is 14.7. The predicted molar refractivity (Wildman–Crippen MR) is 116 cm³/mol. The zero-order valence-electron chi connectivity index (χ0n) is 17.9. The van der Waals surface area contributed by atoms with Crippen LogP contribution in [0.3, 0.4) is 0 Å². The molecule has 1 aliphatic rings. The summed E-state index contributed by atoms with van der Waals surface area (Å²) < 4.78 is 21.7. The minimum absolute atomic E-state index is 0.290. The van der Waals surface area contributed by atoms with Gasteiger partial charge in [-0.3, -0.25) is 18.8 Å². The summed E-state index contributed by atoms with van der Waals surface area (Å²) in [4.78, 5) is 28.4. The first-order chi connectivity index (χ1) is 14.4. The first-order valence-electron chi connectivity index (χ1n) is 10.3. The number of anilines is 2. The number of benzene rings is 1. The highest BCUT2D eigenvalue weighted by molar-refractivity contribution is 5.59. The van der Waals surface area contributed by atoms with Crippen LogP contribution in [-0.2, 0) is 14.1 Å². The fourth-order valence-electron chi connectivity index (χ4n) is 3.65. The molecule has 2 aromatic rings. The molecule has 1 aromatic heterocycles. The van der Waals surface area contributed by atoms with Crippen molar-refractivity contribution in [1.29, 1.82) is 0 Å². The molecule has 0 aliphatic carbocycles. The number of nitrogens with one attached hydrogen (secondary N) is 1. The van der Waals surface area contributed by atoms with Crippen LogP contribution < -0.4 is 26.2 Å². The van der Waals surface area contributed by atoms with Crippen molar-refractivity contribution in [2.24, 2.45) is 14.1 Å². The quantitative estimate of drug-likeness (QED) is 0.650. The second-order valence-electron chi connectivity index (χ2n) is 7.42. The van der Waals surface area contributed by atoms with Crippen molar-refractivity contribution in [2.75, 3.05) is 56.1 Å². The van der Waals surface area contributed by atoms with Crippen LogP contribution in [0.15, 0.2) is 33.9 Å². The maximum absolute atomic E-state index is 13.5. The van der Waals surface area contributed by atoms with Crippen molar-refractivity contribution in [3.8, 4) is 5.75 Å². The standard InChI is InChI=1S/C21H30FN5O3/c1-4-30-18-14-16(22)6-7-17(18)27-12-10-26(11-13-27)9-5-8-23-19-15-20(28)25(3)21(29)24(19)2/h6-7,14-15,23H,4-5,8-13H2,1-3H3. The number of hydrogen-bond donors (Lipinski definition) is 1. The Morgan fingerprint density at radius 1 is 1.07 bits per heavy atom. The molecule has 0 atom stereocenters. The predicted octanol–water partition coefficient (Wildman–Crippen LogP) is 1.25. The van der Waals surface area contributed by atoms with E-state index >= 15 is 0 Å². The molecule has 0 unspecified atom stereocenters. The zero-order valence-corrected chi connectivity index (χ0v) is 17.9. The van der Waals surface area contributed by atoms with Crippen LogP contribution in [0.2, 0.25) is 0 Å². The van der Waals surface area contributed by atoms with Crippen molar-refractivity contribution in [1.82, 2.24) is 14.0 Å². The number of aromatic nitrogens is 2. The van der Waals surface area contributed by atoms with Crippen LogP contribution in [0.4, 0.5) is 15.9 Å². The SMILES string of the molecule is CCOc1cc(F)ccc1N1CCN(CCCNc2cc(=O)n(C)c(=O)n2C)CC1. The number of ether oxygens (including phenoxy) is 1. The fraction of sp³-hybridized carbons (Fsp3) is 0.524. The molecule has 0 amide bonds. The molecule has 1 aromatic carbocycles. The maximum atomic E-state index is 13.5. The van der Waals surface area contributed by atoms with E-state index in [2.05, 4.69) is 15.1 Å². The molecule has 0 saturated carbocycles. The van der Waals surface area contributed by atoms with Gasteiger partial charge in [-0.2, -0.15) is 0 Å². The number of rotatable bonds is 8. The van der Waals surface area contributed by atoms with Gasteiger partial charge in [-0.05, 0) is 32.0 Å². The Hall–Kier alpha value is -2.81. The molecule has 9 heteroatoms. The molecule has 164 valence electrons. The molecule has 1 saturated heterocycles. The van der Waals surface area contributed by atoms with Crippen molar-refractivity contribution in [3.05, 3.63) is 50.9 Å². The van der Waals surface area contributed by atoms with Gasteiger partial charge in [0.1, 0.15) is 17.4 Å². The zero-order chi connectivity index (χ0) is 21.7. The maximum Gasteiger partial charge on any atom is 0.332 e. The van der Waals surface area contributed by atoms with Crippen molar-refractivity contribution in [2.45, 2.75) is 13.3 Å². The van der Waals surface area contributed by atoms with E-state index in [0.717, 1.165) is 49.4 Å². The van der Waals surface area contributed by atoms with E-state index in [4.69, 9.17) is 4.74 Å². The van der Waals surface area contributed by atoms with Gasteiger partial charge in [0.2, 0.25) is 0 Å². The van der Waals surface area contributed by atoms with Crippen molar-refractivity contribution in [3.63, 3.8) is 0 Å². The molecule has 0 spiro atoms. The highest BCUT2D eigenvalue weighted by Crippen LogP contribution is 2.30. The van der Waals surface area contributed by atoms with Gasteiger partial charge in [0.15, 0.2) is 0 Å². The van der Waals surface area contributed by atoms with Gasteiger partial charge < -0.3 is 15.0 Å².